The summed E-state index contributed by atoms with van der Waals surface area (Å²) in [7, 11) is 0. The van der Waals surface area contributed by atoms with Crippen LogP contribution in [0.15, 0.2) is 47.6 Å². The summed E-state index contributed by atoms with van der Waals surface area (Å²) < 4.78 is 11.8. The van der Waals surface area contributed by atoms with Crippen molar-refractivity contribution in [2.24, 2.45) is 16.6 Å². The molecule has 156 valence electrons. The number of aliphatic imine (C=N–C) groups is 1. The minimum Gasteiger partial charge on any atom is -0.484 e. The van der Waals surface area contributed by atoms with Gasteiger partial charge in [-0.3, -0.25) is 4.90 Å². The molecule has 1 unspecified atom stereocenters. The fraction of sp³-hybridized carbons (Fsp3) is 0.435. The fourth-order valence-electron chi connectivity index (χ4n) is 5.00. The van der Waals surface area contributed by atoms with Gasteiger partial charge in [0, 0.05) is 31.0 Å². The zero-order valence-electron chi connectivity index (χ0n) is 16.8. The van der Waals surface area contributed by atoms with Crippen LogP contribution in [-0.2, 0) is 6.54 Å². The van der Waals surface area contributed by atoms with Crippen molar-refractivity contribution in [3.8, 4) is 11.6 Å². The summed E-state index contributed by atoms with van der Waals surface area (Å²) in [4.78, 5) is 21.6. The number of benzene rings is 1. The summed E-state index contributed by atoms with van der Waals surface area (Å²) in [5.74, 6) is 1.61. The number of hydrogen-bond acceptors (Lipinski definition) is 5. The van der Waals surface area contributed by atoms with E-state index in [2.05, 4.69) is 39.1 Å². The maximum Gasteiger partial charge on any atom is 0.337 e. The Morgan fingerprint density at radius 3 is 2.70 bits per heavy atom. The quantitative estimate of drug-likeness (QED) is 0.785. The lowest BCUT2D eigenvalue weighted by molar-refractivity contribution is 0.0850. The van der Waals surface area contributed by atoms with Crippen LogP contribution in [-0.4, -0.2) is 40.8 Å². The molecule has 2 aromatic rings. The Morgan fingerprint density at radius 1 is 1.20 bits per heavy atom. The van der Waals surface area contributed by atoms with E-state index >= 15 is 0 Å². The zero-order valence-corrected chi connectivity index (χ0v) is 16.8. The van der Waals surface area contributed by atoms with Gasteiger partial charge in [0.2, 0.25) is 0 Å². The molecule has 2 fully saturated rings. The highest BCUT2D eigenvalue weighted by molar-refractivity contribution is 5.82. The third-order valence-corrected chi connectivity index (χ3v) is 6.43. The van der Waals surface area contributed by atoms with Crippen LogP contribution in [0.2, 0.25) is 0 Å². The predicted octanol–water partition coefficient (Wildman–Crippen LogP) is 3.49. The van der Waals surface area contributed by atoms with Gasteiger partial charge < -0.3 is 15.2 Å². The lowest BCUT2D eigenvalue weighted by atomic mass is 9.91. The van der Waals surface area contributed by atoms with Crippen molar-refractivity contribution in [3.63, 3.8) is 0 Å². The van der Waals surface area contributed by atoms with Gasteiger partial charge in [-0.2, -0.15) is 0 Å². The molecule has 7 nitrogen and oxygen atoms in total. The van der Waals surface area contributed by atoms with Crippen molar-refractivity contribution < 1.29 is 14.3 Å². The van der Waals surface area contributed by atoms with Crippen LogP contribution in [0.1, 0.15) is 42.9 Å². The number of urea groups is 1. The minimum atomic E-state index is -0.600. The number of nitrogens with zero attached hydrogens (tertiary/aromatic N) is 3. The van der Waals surface area contributed by atoms with Gasteiger partial charge in [-0.1, -0.05) is 24.3 Å². The summed E-state index contributed by atoms with van der Waals surface area (Å²) in [5, 5.41) is 0. The molecule has 2 N–H and O–H groups in total. The Balaban J connectivity index is 1.22. The predicted molar refractivity (Wildman–Crippen MR) is 113 cm³/mol. The molecule has 2 bridgehead atoms. The molecule has 0 aliphatic carbocycles. The maximum atomic E-state index is 10.9. The first-order valence-electron chi connectivity index (χ1n) is 10.6. The molecule has 7 heteroatoms. The minimum absolute atomic E-state index is 0.141. The van der Waals surface area contributed by atoms with Gasteiger partial charge >= 0.3 is 6.03 Å². The van der Waals surface area contributed by atoms with Crippen LogP contribution in [0.4, 0.5) is 4.79 Å². The molecule has 4 atom stereocenters. The molecule has 3 aliphatic rings. The van der Waals surface area contributed by atoms with E-state index in [0.29, 0.717) is 36.2 Å². The number of amides is 2. The molecule has 5 rings (SSSR count). The molecular formula is C23H26N4O3. The molecule has 0 saturated carbocycles. The summed E-state index contributed by atoms with van der Waals surface area (Å²) >= 11 is 0. The highest BCUT2D eigenvalue weighted by atomic mass is 16.6. The molecular weight excluding hydrogens is 380 g/mol. The van der Waals surface area contributed by atoms with Crippen LogP contribution in [0.25, 0.3) is 0 Å². The number of aromatic nitrogens is 1. The lowest BCUT2D eigenvalue weighted by Gasteiger charge is -2.38. The van der Waals surface area contributed by atoms with Crippen molar-refractivity contribution >= 4 is 12.2 Å². The fourth-order valence-corrected chi connectivity index (χ4v) is 5.00. The molecule has 2 saturated heterocycles. The second-order valence-corrected chi connectivity index (χ2v) is 8.37. The van der Waals surface area contributed by atoms with Gasteiger partial charge in [0.05, 0.1) is 0 Å². The lowest BCUT2D eigenvalue weighted by Crippen LogP contribution is -2.42. The monoisotopic (exact) mass is 406 g/mol. The Bertz CT molecular complexity index is 932. The van der Waals surface area contributed by atoms with Crippen molar-refractivity contribution in [1.29, 1.82) is 0 Å². The molecule has 0 radical (unpaired) electrons. The molecule has 0 spiro atoms. The van der Waals surface area contributed by atoms with Crippen molar-refractivity contribution in [2.45, 2.75) is 50.4 Å². The van der Waals surface area contributed by atoms with E-state index in [0.717, 1.165) is 24.9 Å². The highest BCUT2D eigenvalue weighted by Gasteiger charge is 2.40. The van der Waals surface area contributed by atoms with Crippen LogP contribution in [0.5, 0.6) is 11.6 Å². The van der Waals surface area contributed by atoms with E-state index in [-0.39, 0.29) is 6.10 Å². The van der Waals surface area contributed by atoms with Crippen LogP contribution < -0.4 is 15.2 Å². The number of primary amides is 1. The van der Waals surface area contributed by atoms with E-state index in [1.54, 1.807) is 12.4 Å². The number of ether oxygens (including phenoxy) is 2. The maximum absolute atomic E-state index is 10.9. The van der Waals surface area contributed by atoms with E-state index in [9.17, 15) is 4.79 Å². The van der Waals surface area contributed by atoms with Gasteiger partial charge in [0.1, 0.15) is 6.61 Å². The van der Waals surface area contributed by atoms with Gasteiger partial charge in [-0.25, -0.2) is 14.8 Å². The smallest absolute Gasteiger partial charge is 0.337 e. The van der Waals surface area contributed by atoms with Crippen molar-refractivity contribution in [2.75, 3.05) is 6.61 Å². The zero-order chi connectivity index (χ0) is 20.5. The van der Waals surface area contributed by atoms with E-state index < -0.39 is 6.03 Å². The van der Waals surface area contributed by atoms with Crippen LogP contribution in [0, 0.1) is 5.92 Å². The summed E-state index contributed by atoms with van der Waals surface area (Å²) in [6, 6.07) is 12.8. The normalized spacial score (nSPS) is 28.0. The average Bonchev–Trinajstić information content (AvgIpc) is 3.00. The largest absolute Gasteiger partial charge is 0.484 e. The second-order valence-electron chi connectivity index (χ2n) is 8.37. The first kappa shape index (κ1) is 19.1. The SMILES string of the molecule is NC(=O)N=CC1C[C@H]2CC[C@@H](C1)N2Cc1ccc([C@H]2COc3cccnc3O2)cc1. The second kappa shape index (κ2) is 8.07. The van der Waals surface area contributed by atoms with E-state index in [4.69, 9.17) is 15.2 Å². The van der Waals surface area contributed by atoms with Gasteiger partial charge in [0.25, 0.3) is 5.88 Å². The molecule has 30 heavy (non-hydrogen) atoms. The molecule has 1 aromatic heterocycles. The number of fused-ring (bicyclic) bond motifs is 3. The number of hydrogen-bond donors (Lipinski definition) is 1. The Labute approximate surface area is 175 Å². The third kappa shape index (κ3) is 3.89. The van der Waals surface area contributed by atoms with E-state index in [1.807, 2.05) is 12.1 Å². The van der Waals surface area contributed by atoms with Crippen LogP contribution in [0.3, 0.4) is 0 Å². The number of rotatable bonds is 4. The Morgan fingerprint density at radius 2 is 1.97 bits per heavy atom. The number of carbonyl (C=O) groups excluding carboxylic acids is 1. The number of carbonyl (C=O) groups is 1. The molecule has 3 aliphatic heterocycles. The first-order valence-corrected chi connectivity index (χ1v) is 10.6. The molecule has 2 amide bonds. The third-order valence-electron chi connectivity index (χ3n) is 6.43. The summed E-state index contributed by atoms with van der Waals surface area (Å²) in [6.07, 6.45) is 7.85. The summed E-state index contributed by atoms with van der Waals surface area (Å²) in [6.45, 7) is 1.43. The first-order chi connectivity index (χ1) is 14.7. The van der Waals surface area contributed by atoms with Gasteiger partial charge in [-0.15, -0.1) is 0 Å². The topological polar surface area (TPSA) is 90.0 Å². The summed E-state index contributed by atoms with van der Waals surface area (Å²) in [5.41, 5.74) is 7.54. The Hall–Kier alpha value is -2.93. The average molecular weight is 406 g/mol. The molecule has 4 heterocycles. The van der Waals surface area contributed by atoms with Crippen molar-refractivity contribution in [3.05, 3.63) is 53.7 Å². The number of piperidine rings is 1. The number of nitrogens with two attached hydrogens (primary N) is 1. The van der Waals surface area contributed by atoms with Crippen LogP contribution >= 0.6 is 0 Å². The van der Waals surface area contributed by atoms with Crippen molar-refractivity contribution in [1.82, 2.24) is 9.88 Å². The van der Waals surface area contributed by atoms with Gasteiger partial charge in [-0.05, 0) is 54.9 Å². The van der Waals surface area contributed by atoms with Gasteiger partial charge in [0.15, 0.2) is 11.9 Å². The van der Waals surface area contributed by atoms with E-state index in [1.165, 1.54) is 18.4 Å². The Kier molecular flexibility index (Phi) is 5.12. The molecule has 1 aromatic carbocycles. The highest BCUT2D eigenvalue weighted by Crippen LogP contribution is 2.39. The standard InChI is InChI=1S/C23H26N4O3/c24-23(28)26-12-16-10-18-7-8-19(11-16)27(18)13-15-3-5-17(6-4-15)21-14-29-20-2-1-9-25-22(20)30-21/h1-6,9,12,16,18-19,21H,7-8,10-11,13-14H2,(H2,24,28)/t16?,18-,19+,21-/m1/s1. The number of pyridine rings is 1.